The standard InChI is InChI=1S/C11H21F/c1-10-6-2-4-8-11(12)9-5-3-7-10/h10-11H,2-9H2,1H3. The quantitative estimate of drug-likeness (QED) is 0.516. The molecule has 1 aliphatic rings. The fourth-order valence-electron chi connectivity index (χ4n) is 2.01. The molecule has 1 aliphatic carbocycles. The lowest BCUT2D eigenvalue weighted by Gasteiger charge is -2.15. The van der Waals surface area contributed by atoms with Crippen molar-refractivity contribution >= 4 is 0 Å². The first kappa shape index (κ1) is 10.0. The highest BCUT2D eigenvalue weighted by molar-refractivity contribution is 4.62. The normalized spacial score (nSPS) is 34.5. The van der Waals surface area contributed by atoms with Crippen LogP contribution in [-0.2, 0) is 0 Å². The predicted molar refractivity (Wildman–Crippen MR) is 51.0 cm³/mol. The molecule has 12 heavy (non-hydrogen) atoms. The van der Waals surface area contributed by atoms with Gasteiger partial charge in [-0.15, -0.1) is 0 Å². The zero-order valence-corrected chi connectivity index (χ0v) is 8.19. The number of alkyl halides is 1. The Bertz CT molecular complexity index is 85.6. The van der Waals surface area contributed by atoms with Crippen LogP contribution in [0.4, 0.5) is 4.39 Å². The highest BCUT2D eigenvalue weighted by Gasteiger charge is 2.10. The molecule has 0 spiro atoms. The highest BCUT2D eigenvalue weighted by atomic mass is 19.1. The maximum Gasteiger partial charge on any atom is 0.100 e. The van der Waals surface area contributed by atoms with Crippen LogP contribution in [0.3, 0.4) is 0 Å². The average molecular weight is 172 g/mol. The summed E-state index contributed by atoms with van der Waals surface area (Å²) in [5.74, 6) is 0.876. The van der Waals surface area contributed by atoms with Crippen LogP contribution < -0.4 is 0 Å². The molecule has 1 saturated carbocycles. The van der Waals surface area contributed by atoms with E-state index in [-0.39, 0.29) is 0 Å². The molecule has 0 aromatic rings. The van der Waals surface area contributed by atoms with Crippen molar-refractivity contribution in [3.8, 4) is 0 Å². The van der Waals surface area contributed by atoms with Crippen LogP contribution in [0.15, 0.2) is 0 Å². The van der Waals surface area contributed by atoms with Gasteiger partial charge in [-0.25, -0.2) is 4.39 Å². The van der Waals surface area contributed by atoms with Crippen molar-refractivity contribution in [1.82, 2.24) is 0 Å². The van der Waals surface area contributed by atoms with Crippen LogP contribution >= 0.6 is 0 Å². The van der Waals surface area contributed by atoms with E-state index < -0.39 is 6.17 Å². The molecule has 0 N–H and O–H groups in total. The lowest BCUT2D eigenvalue weighted by molar-refractivity contribution is 0.265. The molecule has 0 aromatic carbocycles. The van der Waals surface area contributed by atoms with E-state index in [1.165, 1.54) is 25.7 Å². The third-order valence-corrected chi connectivity index (χ3v) is 2.93. The van der Waals surface area contributed by atoms with Gasteiger partial charge in [0, 0.05) is 0 Å². The Kier molecular flexibility index (Phi) is 4.63. The van der Waals surface area contributed by atoms with Crippen molar-refractivity contribution < 1.29 is 4.39 Å². The Hall–Kier alpha value is -0.0700. The lowest BCUT2D eigenvalue weighted by Crippen LogP contribution is -2.04. The maximum atomic E-state index is 13.0. The van der Waals surface area contributed by atoms with E-state index in [9.17, 15) is 4.39 Å². The SMILES string of the molecule is CC1CCCCC(F)CCCC1. The van der Waals surface area contributed by atoms with E-state index in [0.717, 1.165) is 31.6 Å². The van der Waals surface area contributed by atoms with Gasteiger partial charge in [0.15, 0.2) is 0 Å². The van der Waals surface area contributed by atoms with E-state index in [2.05, 4.69) is 6.92 Å². The van der Waals surface area contributed by atoms with Crippen molar-refractivity contribution in [3.63, 3.8) is 0 Å². The summed E-state index contributed by atoms with van der Waals surface area (Å²) in [5.41, 5.74) is 0. The maximum absolute atomic E-state index is 13.0. The van der Waals surface area contributed by atoms with E-state index in [0.29, 0.717) is 0 Å². The summed E-state index contributed by atoms with van der Waals surface area (Å²) in [5, 5.41) is 0. The Balaban J connectivity index is 2.20. The third-order valence-electron chi connectivity index (χ3n) is 2.93. The van der Waals surface area contributed by atoms with Gasteiger partial charge in [-0.05, 0) is 18.8 Å². The lowest BCUT2D eigenvalue weighted by atomic mass is 9.93. The molecule has 0 bridgehead atoms. The minimum atomic E-state index is -0.501. The molecule has 1 rings (SSSR count). The fraction of sp³-hybridized carbons (Fsp3) is 1.00. The molecular formula is C11H21F. The van der Waals surface area contributed by atoms with Crippen LogP contribution in [-0.4, -0.2) is 6.17 Å². The second kappa shape index (κ2) is 5.55. The first-order valence-electron chi connectivity index (χ1n) is 5.43. The van der Waals surface area contributed by atoms with Crippen molar-refractivity contribution in [1.29, 1.82) is 0 Å². The van der Waals surface area contributed by atoms with Gasteiger partial charge in [0.2, 0.25) is 0 Å². The monoisotopic (exact) mass is 172 g/mol. The van der Waals surface area contributed by atoms with Gasteiger partial charge in [0.05, 0.1) is 0 Å². The highest BCUT2D eigenvalue weighted by Crippen LogP contribution is 2.22. The summed E-state index contributed by atoms with van der Waals surface area (Å²) in [6.07, 6.45) is 8.43. The van der Waals surface area contributed by atoms with Gasteiger partial charge in [0.25, 0.3) is 0 Å². The molecule has 1 heteroatoms. The van der Waals surface area contributed by atoms with Crippen molar-refractivity contribution in [2.75, 3.05) is 0 Å². The van der Waals surface area contributed by atoms with Gasteiger partial charge in [-0.3, -0.25) is 0 Å². The zero-order chi connectivity index (χ0) is 8.81. The Labute approximate surface area is 75.5 Å². The minimum absolute atomic E-state index is 0.501. The summed E-state index contributed by atoms with van der Waals surface area (Å²) in [6.45, 7) is 2.33. The van der Waals surface area contributed by atoms with Crippen molar-refractivity contribution in [2.45, 2.75) is 64.5 Å². The molecule has 0 aromatic heterocycles. The molecule has 72 valence electrons. The van der Waals surface area contributed by atoms with Crippen LogP contribution in [0.5, 0.6) is 0 Å². The van der Waals surface area contributed by atoms with E-state index in [4.69, 9.17) is 0 Å². The van der Waals surface area contributed by atoms with E-state index >= 15 is 0 Å². The van der Waals surface area contributed by atoms with Crippen LogP contribution in [0, 0.1) is 5.92 Å². The molecule has 0 heterocycles. The summed E-state index contributed by atoms with van der Waals surface area (Å²) in [6, 6.07) is 0. The first-order chi connectivity index (χ1) is 5.79. The molecule has 1 fully saturated rings. The number of rotatable bonds is 0. The number of halogens is 1. The van der Waals surface area contributed by atoms with Crippen LogP contribution in [0.2, 0.25) is 0 Å². The molecule has 0 amide bonds. The topological polar surface area (TPSA) is 0 Å². The molecule has 0 unspecified atom stereocenters. The smallest absolute Gasteiger partial charge is 0.100 e. The van der Waals surface area contributed by atoms with Crippen LogP contribution in [0.1, 0.15) is 58.3 Å². The molecule has 0 atom stereocenters. The van der Waals surface area contributed by atoms with E-state index in [1.54, 1.807) is 0 Å². The average Bonchev–Trinajstić information content (AvgIpc) is 2.06. The molecule has 0 aliphatic heterocycles. The van der Waals surface area contributed by atoms with Gasteiger partial charge in [-0.1, -0.05) is 45.4 Å². The number of hydrogen-bond donors (Lipinski definition) is 0. The molecule has 0 nitrogen and oxygen atoms in total. The minimum Gasteiger partial charge on any atom is -0.247 e. The van der Waals surface area contributed by atoms with Crippen molar-refractivity contribution in [2.24, 2.45) is 5.92 Å². The van der Waals surface area contributed by atoms with Gasteiger partial charge in [0.1, 0.15) is 6.17 Å². The summed E-state index contributed by atoms with van der Waals surface area (Å²) < 4.78 is 13.0. The summed E-state index contributed by atoms with van der Waals surface area (Å²) in [4.78, 5) is 0. The Morgan fingerprint density at radius 3 is 1.75 bits per heavy atom. The van der Waals surface area contributed by atoms with Gasteiger partial charge < -0.3 is 0 Å². The zero-order valence-electron chi connectivity index (χ0n) is 8.19. The van der Waals surface area contributed by atoms with Crippen LogP contribution in [0.25, 0.3) is 0 Å². The second-order valence-electron chi connectivity index (χ2n) is 4.27. The van der Waals surface area contributed by atoms with E-state index in [1.807, 2.05) is 0 Å². The Morgan fingerprint density at radius 2 is 1.25 bits per heavy atom. The predicted octanol–water partition coefficient (Wildman–Crippen LogP) is 4.10. The Morgan fingerprint density at radius 1 is 0.833 bits per heavy atom. The summed E-state index contributed by atoms with van der Waals surface area (Å²) >= 11 is 0. The summed E-state index contributed by atoms with van der Waals surface area (Å²) in [7, 11) is 0. The van der Waals surface area contributed by atoms with Gasteiger partial charge in [-0.2, -0.15) is 0 Å². The molecular weight excluding hydrogens is 151 g/mol. The van der Waals surface area contributed by atoms with Gasteiger partial charge >= 0.3 is 0 Å². The first-order valence-corrected chi connectivity index (χ1v) is 5.43. The number of hydrogen-bond acceptors (Lipinski definition) is 0. The second-order valence-corrected chi connectivity index (χ2v) is 4.27. The molecule has 0 saturated heterocycles. The van der Waals surface area contributed by atoms with Crippen molar-refractivity contribution in [3.05, 3.63) is 0 Å². The fourth-order valence-corrected chi connectivity index (χ4v) is 2.01. The third kappa shape index (κ3) is 4.08. The molecule has 0 radical (unpaired) electrons. The largest absolute Gasteiger partial charge is 0.247 e.